The van der Waals surface area contributed by atoms with Crippen LogP contribution in [0.3, 0.4) is 0 Å². The number of hydrogen-bond acceptors (Lipinski definition) is 1. The van der Waals surface area contributed by atoms with E-state index in [0.29, 0.717) is 17.3 Å². The molecule has 4 aliphatic rings. The predicted molar refractivity (Wildman–Crippen MR) is 52.7 cm³/mol. The third-order valence-electron chi connectivity index (χ3n) is 5.65. The van der Waals surface area contributed by atoms with Crippen LogP contribution in [0.1, 0.15) is 33.6 Å². The van der Waals surface area contributed by atoms with Crippen molar-refractivity contribution in [3.05, 3.63) is 0 Å². The molecule has 0 spiro atoms. The lowest BCUT2D eigenvalue weighted by Gasteiger charge is -2.58. The fourth-order valence-corrected chi connectivity index (χ4v) is 4.53. The van der Waals surface area contributed by atoms with Crippen molar-refractivity contribution in [3.63, 3.8) is 0 Å². The summed E-state index contributed by atoms with van der Waals surface area (Å²) in [6.07, 6.45) is 2.44. The summed E-state index contributed by atoms with van der Waals surface area (Å²) in [4.78, 5) is 11.1. The minimum Gasteiger partial charge on any atom is -0.481 e. The maximum absolute atomic E-state index is 11.1. The van der Waals surface area contributed by atoms with E-state index in [9.17, 15) is 4.79 Å². The molecule has 0 aromatic rings. The molecule has 78 valence electrons. The summed E-state index contributed by atoms with van der Waals surface area (Å²) in [5, 5.41) is 9.16. The summed E-state index contributed by atoms with van der Waals surface area (Å²) in [5.74, 6) is 1.38. The monoisotopic (exact) mass is 194 g/mol. The third-order valence-corrected chi connectivity index (χ3v) is 5.65. The summed E-state index contributed by atoms with van der Waals surface area (Å²) in [6.45, 7) is 6.83. The topological polar surface area (TPSA) is 37.3 Å². The number of rotatable bonds is 1. The fraction of sp³-hybridized carbons (Fsp3) is 0.917. The molecule has 0 amide bonds. The number of aliphatic carboxylic acids is 1. The van der Waals surface area contributed by atoms with Gasteiger partial charge in [0.1, 0.15) is 0 Å². The SMILES string of the molecule is CC1(C)C2CC1C1C(C(=O)O)C1(C)C2. The standard InChI is InChI=1S/C12H18O2/c1-11(2)6-4-7(11)8-9(10(13)14)12(8,3)5-6/h6-9H,4-5H2,1-3H3,(H,13,14). The van der Waals surface area contributed by atoms with Crippen molar-refractivity contribution in [1.82, 2.24) is 0 Å². The Morgan fingerprint density at radius 1 is 1.36 bits per heavy atom. The van der Waals surface area contributed by atoms with Gasteiger partial charge in [0, 0.05) is 0 Å². The molecule has 4 aliphatic carbocycles. The van der Waals surface area contributed by atoms with Crippen molar-refractivity contribution in [2.24, 2.45) is 34.5 Å². The summed E-state index contributed by atoms with van der Waals surface area (Å²) in [6, 6.07) is 0. The second-order valence-corrected chi connectivity index (χ2v) is 6.41. The molecule has 0 saturated heterocycles. The molecule has 0 aromatic carbocycles. The van der Waals surface area contributed by atoms with Gasteiger partial charge in [0.05, 0.1) is 5.92 Å². The van der Waals surface area contributed by atoms with Crippen LogP contribution >= 0.6 is 0 Å². The number of carbonyl (C=O) groups is 1. The Labute approximate surface area is 84.7 Å². The molecule has 4 fully saturated rings. The normalized spacial score (nSPS) is 57.1. The molecular weight excluding hydrogens is 176 g/mol. The van der Waals surface area contributed by atoms with E-state index in [-0.39, 0.29) is 11.3 Å². The molecule has 2 heteroatoms. The molecular formula is C12H18O2. The van der Waals surface area contributed by atoms with E-state index < -0.39 is 5.97 Å². The molecule has 14 heavy (non-hydrogen) atoms. The number of hydrogen-bond donors (Lipinski definition) is 1. The second kappa shape index (κ2) is 2.02. The highest BCUT2D eigenvalue weighted by Gasteiger charge is 2.77. The first kappa shape index (κ1) is 8.75. The Balaban J connectivity index is 1.92. The Morgan fingerprint density at radius 3 is 2.43 bits per heavy atom. The first-order chi connectivity index (χ1) is 6.39. The van der Waals surface area contributed by atoms with Crippen LogP contribution in [0.25, 0.3) is 0 Å². The smallest absolute Gasteiger partial charge is 0.307 e. The Morgan fingerprint density at radius 2 is 2.00 bits per heavy atom. The van der Waals surface area contributed by atoms with Gasteiger partial charge in [0.2, 0.25) is 0 Å². The van der Waals surface area contributed by atoms with Gasteiger partial charge < -0.3 is 5.11 Å². The van der Waals surface area contributed by atoms with Crippen LogP contribution in [0.5, 0.6) is 0 Å². The van der Waals surface area contributed by atoms with E-state index in [1.165, 1.54) is 6.42 Å². The average molecular weight is 194 g/mol. The van der Waals surface area contributed by atoms with Crippen molar-refractivity contribution in [2.75, 3.05) is 0 Å². The Hall–Kier alpha value is -0.530. The fourth-order valence-electron chi connectivity index (χ4n) is 4.53. The zero-order valence-corrected chi connectivity index (χ0v) is 9.08. The van der Waals surface area contributed by atoms with E-state index >= 15 is 0 Å². The first-order valence-electron chi connectivity index (χ1n) is 5.62. The van der Waals surface area contributed by atoms with Gasteiger partial charge >= 0.3 is 5.97 Å². The highest BCUT2D eigenvalue weighted by molar-refractivity contribution is 5.76. The van der Waals surface area contributed by atoms with E-state index in [1.54, 1.807) is 0 Å². The summed E-state index contributed by atoms with van der Waals surface area (Å²) in [5.41, 5.74) is 0.587. The molecule has 5 unspecified atom stereocenters. The van der Waals surface area contributed by atoms with E-state index in [0.717, 1.165) is 12.3 Å². The Bertz CT molecular complexity index is 320. The third kappa shape index (κ3) is 0.697. The van der Waals surface area contributed by atoms with Gasteiger partial charge in [0.25, 0.3) is 0 Å². The van der Waals surface area contributed by atoms with Crippen molar-refractivity contribution in [1.29, 1.82) is 0 Å². The molecule has 2 bridgehead atoms. The van der Waals surface area contributed by atoms with Crippen molar-refractivity contribution < 1.29 is 9.90 Å². The quantitative estimate of drug-likeness (QED) is 0.696. The van der Waals surface area contributed by atoms with Crippen LogP contribution in [0.15, 0.2) is 0 Å². The van der Waals surface area contributed by atoms with Crippen LogP contribution in [0.2, 0.25) is 0 Å². The van der Waals surface area contributed by atoms with Crippen LogP contribution in [0, 0.1) is 34.5 Å². The highest BCUT2D eigenvalue weighted by atomic mass is 16.4. The zero-order valence-electron chi connectivity index (χ0n) is 9.08. The van der Waals surface area contributed by atoms with Gasteiger partial charge in [-0.1, -0.05) is 20.8 Å². The molecule has 2 nitrogen and oxygen atoms in total. The average Bonchev–Trinajstić information content (AvgIpc) is 2.69. The second-order valence-electron chi connectivity index (χ2n) is 6.41. The number of carboxylic acid groups (broad SMARTS) is 1. The van der Waals surface area contributed by atoms with E-state index in [4.69, 9.17) is 5.11 Å². The van der Waals surface area contributed by atoms with Gasteiger partial charge in [-0.15, -0.1) is 0 Å². The number of carboxylic acids is 1. The Kier molecular flexibility index (Phi) is 1.27. The minimum absolute atomic E-state index is 0.0284. The maximum Gasteiger partial charge on any atom is 0.307 e. The van der Waals surface area contributed by atoms with Gasteiger partial charge in [-0.05, 0) is 41.4 Å². The van der Waals surface area contributed by atoms with Crippen molar-refractivity contribution in [2.45, 2.75) is 33.6 Å². The molecule has 5 atom stereocenters. The van der Waals surface area contributed by atoms with Crippen molar-refractivity contribution >= 4 is 5.97 Å². The molecule has 0 aromatic heterocycles. The van der Waals surface area contributed by atoms with Crippen LogP contribution in [-0.4, -0.2) is 11.1 Å². The van der Waals surface area contributed by atoms with E-state index in [2.05, 4.69) is 20.8 Å². The lowest BCUT2D eigenvalue weighted by atomic mass is 9.47. The summed E-state index contributed by atoms with van der Waals surface area (Å²) >= 11 is 0. The molecule has 4 saturated carbocycles. The van der Waals surface area contributed by atoms with Gasteiger partial charge in [0.15, 0.2) is 0 Å². The lowest BCUT2D eigenvalue weighted by Crippen LogP contribution is -2.51. The van der Waals surface area contributed by atoms with Crippen LogP contribution in [-0.2, 0) is 4.79 Å². The molecule has 0 aliphatic heterocycles. The van der Waals surface area contributed by atoms with Gasteiger partial charge in [-0.3, -0.25) is 4.79 Å². The van der Waals surface area contributed by atoms with Crippen LogP contribution < -0.4 is 0 Å². The maximum atomic E-state index is 11.1. The molecule has 1 N–H and O–H groups in total. The van der Waals surface area contributed by atoms with Gasteiger partial charge in [-0.25, -0.2) is 0 Å². The van der Waals surface area contributed by atoms with Crippen LogP contribution in [0.4, 0.5) is 0 Å². The zero-order chi connectivity index (χ0) is 10.3. The first-order valence-corrected chi connectivity index (χ1v) is 5.62. The molecule has 4 rings (SSSR count). The lowest BCUT2D eigenvalue weighted by molar-refractivity contribution is -0.139. The highest BCUT2D eigenvalue weighted by Crippen LogP contribution is 2.79. The predicted octanol–water partition coefficient (Wildman–Crippen LogP) is 2.39. The van der Waals surface area contributed by atoms with Crippen molar-refractivity contribution in [3.8, 4) is 0 Å². The van der Waals surface area contributed by atoms with E-state index in [1.807, 2.05) is 0 Å². The largest absolute Gasteiger partial charge is 0.481 e. The molecule has 0 heterocycles. The summed E-state index contributed by atoms with van der Waals surface area (Å²) in [7, 11) is 0. The van der Waals surface area contributed by atoms with Gasteiger partial charge in [-0.2, -0.15) is 0 Å². The molecule has 0 radical (unpaired) electrons. The minimum atomic E-state index is -0.555. The summed E-state index contributed by atoms with van der Waals surface area (Å²) < 4.78 is 0.